The van der Waals surface area contributed by atoms with E-state index in [9.17, 15) is 5.11 Å². The van der Waals surface area contributed by atoms with Gasteiger partial charge in [-0.1, -0.05) is 30.3 Å². The van der Waals surface area contributed by atoms with Crippen molar-refractivity contribution >= 4 is 0 Å². The molecule has 0 spiro atoms. The van der Waals surface area contributed by atoms with Gasteiger partial charge in [0.2, 0.25) is 0 Å². The number of aliphatic hydroxyl groups excluding tert-OH is 1. The molecule has 3 N–H and O–H groups in total. The van der Waals surface area contributed by atoms with Gasteiger partial charge in [-0.3, -0.25) is 4.68 Å². The van der Waals surface area contributed by atoms with Gasteiger partial charge in [0.1, 0.15) is 0 Å². The van der Waals surface area contributed by atoms with Gasteiger partial charge < -0.3 is 10.8 Å². The van der Waals surface area contributed by atoms with Gasteiger partial charge in [-0.25, -0.2) is 0 Å². The normalized spacial score (nSPS) is 26.6. The number of hydrogen-bond acceptors (Lipinski definition) is 3. The fourth-order valence-corrected chi connectivity index (χ4v) is 3.06. The quantitative estimate of drug-likeness (QED) is 0.880. The van der Waals surface area contributed by atoms with E-state index >= 15 is 0 Å². The van der Waals surface area contributed by atoms with E-state index in [2.05, 4.69) is 23.3 Å². The monoisotopic (exact) mass is 271 g/mol. The zero-order valence-electron chi connectivity index (χ0n) is 11.8. The number of aromatic nitrogens is 2. The van der Waals surface area contributed by atoms with Crippen molar-refractivity contribution in [2.45, 2.75) is 37.3 Å². The third-order valence-electron chi connectivity index (χ3n) is 4.31. The summed E-state index contributed by atoms with van der Waals surface area (Å²) in [6.07, 6.45) is 2.95. The summed E-state index contributed by atoms with van der Waals surface area (Å²) < 4.78 is 1.89. The Kier molecular flexibility index (Phi) is 3.36. The topological polar surface area (TPSA) is 64.1 Å². The van der Waals surface area contributed by atoms with E-state index in [1.54, 1.807) is 0 Å². The minimum Gasteiger partial charge on any atom is -0.393 e. The summed E-state index contributed by atoms with van der Waals surface area (Å²) in [5.41, 5.74) is 9.32. The second-order valence-electron chi connectivity index (χ2n) is 5.79. The standard InChI is InChI=1S/C16H21N3O/c1-19-15(16(17)9-7-13(20)8-10-16)11-14(18-19)12-5-3-2-4-6-12/h2-6,11,13,20H,7-10,17H2,1H3. The average molecular weight is 271 g/mol. The van der Waals surface area contributed by atoms with Crippen LogP contribution in [0.1, 0.15) is 31.4 Å². The molecular formula is C16H21N3O. The molecular weight excluding hydrogens is 250 g/mol. The van der Waals surface area contributed by atoms with Crippen LogP contribution in [-0.4, -0.2) is 21.0 Å². The lowest BCUT2D eigenvalue weighted by atomic mass is 9.79. The Balaban J connectivity index is 1.93. The Morgan fingerprint density at radius 1 is 1.25 bits per heavy atom. The maximum atomic E-state index is 9.66. The van der Waals surface area contributed by atoms with Crippen LogP contribution < -0.4 is 5.73 Å². The Bertz CT molecular complexity index is 583. The molecule has 0 aliphatic heterocycles. The summed E-state index contributed by atoms with van der Waals surface area (Å²) in [6, 6.07) is 12.2. The van der Waals surface area contributed by atoms with Crippen molar-refractivity contribution in [2.75, 3.05) is 0 Å². The zero-order valence-corrected chi connectivity index (χ0v) is 11.8. The molecule has 0 saturated heterocycles. The molecule has 3 rings (SSSR count). The average Bonchev–Trinajstić information content (AvgIpc) is 2.86. The van der Waals surface area contributed by atoms with Crippen LogP contribution in [0.15, 0.2) is 36.4 Å². The number of nitrogens with zero attached hydrogens (tertiary/aromatic N) is 2. The Morgan fingerprint density at radius 3 is 2.55 bits per heavy atom. The van der Waals surface area contributed by atoms with Crippen LogP contribution in [0.3, 0.4) is 0 Å². The molecule has 0 unspecified atom stereocenters. The largest absolute Gasteiger partial charge is 0.393 e. The summed E-state index contributed by atoms with van der Waals surface area (Å²) in [6.45, 7) is 0. The van der Waals surface area contributed by atoms with E-state index in [1.165, 1.54) is 0 Å². The van der Waals surface area contributed by atoms with Crippen molar-refractivity contribution < 1.29 is 5.11 Å². The van der Waals surface area contributed by atoms with Gasteiger partial charge in [-0.05, 0) is 31.7 Å². The number of nitrogens with two attached hydrogens (primary N) is 1. The molecule has 1 saturated carbocycles. The maximum Gasteiger partial charge on any atom is 0.0926 e. The summed E-state index contributed by atoms with van der Waals surface area (Å²) in [5, 5.41) is 14.3. The molecule has 2 aromatic rings. The van der Waals surface area contributed by atoms with Gasteiger partial charge in [-0.15, -0.1) is 0 Å². The van der Waals surface area contributed by atoms with Crippen LogP contribution in [-0.2, 0) is 12.6 Å². The lowest BCUT2D eigenvalue weighted by Crippen LogP contribution is -2.43. The maximum absolute atomic E-state index is 9.66. The van der Waals surface area contributed by atoms with E-state index in [0.717, 1.165) is 42.6 Å². The first-order valence-electron chi connectivity index (χ1n) is 7.15. The van der Waals surface area contributed by atoms with Crippen molar-refractivity contribution in [2.24, 2.45) is 12.8 Å². The molecule has 1 aliphatic carbocycles. The fourth-order valence-electron chi connectivity index (χ4n) is 3.06. The van der Waals surface area contributed by atoms with Gasteiger partial charge in [0.05, 0.1) is 23.0 Å². The summed E-state index contributed by atoms with van der Waals surface area (Å²) in [5.74, 6) is 0. The van der Waals surface area contributed by atoms with Gasteiger partial charge in [0, 0.05) is 12.6 Å². The molecule has 1 aromatic carbocycles. The van der Waals surface area contributed by atoms with Crippen LogP contribution in [0.25, 0.3) is 11.3 Å². The Hall–Kier alpha value is -1.65. The number of rotatable bonds is 2. The number of aliphatic hydroxyl groups is 1. The van der Waals surface area contributed by atoms with Crippen LogP contribution in [0, 0.1) is 0 Å². The predicted molar refractivity (Wildman–Crippen MR) is 79.0 cm³/mol. The van der Waals surface area contributed by atoms with E-state index in [-0.39, 0.29) is 11.6 Å². The predicted octanol–water partition coefficient (Wildman–Crippen LogP) is 2.18. The zero-order chi connectivity index (χ0) is 14.2. The molecule has 1 heterocycles. The van der Waals surface area contributed by atoms with Gasteiger partial charge in [-0.2, -0.15) is 5.10 Å². The van der Waals surface area contributed by atoms with Crippen LogP contribution in [0.5, 0.6) is 0 Å². The summed E-state index contributed by atoms with van der Waals surface area (Å²) in [7, 11) is 1.95. The number of benzene rings is 1. The Labute approximate surface area is 119 Å². The van der Waals surface area contributed by atoms with Gasteiger partial charge in [0.25, 0.3) is 0 Å². The third-order valence-corrected chi connectivity index (χ3v) is 4.31. The van der Waals surface area contributed by atoms with E-state index in [4.69, 9.17) is 5.73 Å². The summed E-state index contributed by atoms with van der Waals surface area (Å²) in [4.78, 5) is 0. The molecule has 1 aliphatic rings. The minimum absolute atomic E-state index is 0.200. The second-order valence-corrected chi connectivity index (χ2v) is 5.79. The first kappa shape index (κ1) is 13.3. The van der Waals surface area contributed by atoms with Gasteiger partial charge >= 0.3 is 0 Å². The molecule has 106 valence electrons. The highest BCUT2D eigenvalue weighted by molar-refractivity contribution is 5.59. The van der Waals surface area contributed by atoms with Crippen molar-refractivity contribution in [3.05, 3.63) is 42.1 Å². The molecule has 0 amide bonds. The van der Waals surface area contributed by atoms with Crippen LogP contribution in [0.2, 0.25) is 0 Å². The summed E-state index contributed by atoms with van der Waals surface area (Å²) >= 11 is 0. The molecule has 0 radical (unpaired) electrons. The number of aryl methyl sites for hydroxylation is 1. The Morgan fingerprint density at radius 2 is 1.90 bits per heavy atom. The van der Waals surface area contributed by atoms with Crippen LogP contribution >= 0.6 is 0 Å². The van der Waals surface area contributed by atoms with Gasteiger partial charge in [0.15, 0.2) is 0 Å². The SMILES string of the molecule is Cn1nc(-c2ccccc2)cc1C1(N)CCC(O)CC1. The molecule has 20 heavy (non-hydrogen) atoms. The van der Waals surface area contributed by atoms with Crippen molar-refractivity contribution in [3.8, 4) is 11.3 Å². The fraction of sp³-hybridized carbons (Fsp3) is 0.438. The highest BCUT2D eigenvalue weighted by Gasteiger charge is 2.35. The molecule has 0 atom stereocenters. The molecule has 1 fully saturated rings. The number of hydrogen-bond donors (Lipinski definition) is 2. The van der Waals surface area contributed by atoms with E-state index in [0.29, 0.717) is 0 Å². The van der Waals surface area contributed by atoms with E-state index < -0.39 is 0 Å². The second kappa shape index (κ2) is 5.04. The highest BCUT2D eigenvalue weighted by Crippen LogP contribution is 2.36. The lowest BCUT2D eigenvalue weighted by Gasteiger charge is -2.35. The first-order valence-corrected chi connectivity index (χ1v) is 7.15. The molecule has 4 nitrogen and oxygen atoms in total. The van der Waals surface area contributed by atoms with Crippen molar-refractivity contribution in [1.29, 1.82) is 0 Å². The van der Waals surface area contributed by atoms with E-state index in [1.807, 2.05) is 29.9 Å². The molecule has 0 bridgehead atoms. The first-order chi connectivity index (χ1) is 9.58. The smallest absolute Gasteiger partial charge is 0.0926 e. The third kappa shape index (κ3) is 2.37. The molecule has 4 heteroatoms. The lowest BCUT2D eigenvalue weighted by molar-refractivity contribution is 0.0943. The minimum atomic E-state index is -0.367. The van der Waals surface area contributed by atoms with Crippen molar-refractivity contribution in [3.63, 3.8) is 0 Å². The molecule has 1 aromatic heterocycles. The van der Waals surface area contributed by atoms with Crippen LogP contribution in [0.4, 0.5) is 0 Å². The highest BCUT2D eigenvalue weighted by atomic mass is 16.3. The van der Waals surface area contributed by atoms with Crippen molar-refractivity contribution in [1.82, 2.24) is 9.78 Å².